The molecular formula is C14H26N4O2. The molecule has 1 saturated heterocycles. The van der Waals surface area contributed by atoms with Crippen molar-refractivity contribution in [2.75, 3.05) is 33.4 Å². The average Bonchev–Trinajstić information content (AvgIpc) is 2.90. The third kappa shape index (κ3) is 3.13. The Kier molecular flexibility index (Phi) is 5.39. The summed E-state index contributed by atoms with van der Waals surface area (Å²) in [5, 5.41) is 4.32. The lowest BCUT2D eigenvalue weighted by Gasteiger charge is -2.35. The van der Waals surface area contributed by atoms with E-state index in [4.69, 9.17) is 15.2 Å². The van der Waals surface area contributed by atoms with E-state index in [-0.39, 0.29) is 12.1 Å². The fourth-order valence-corrected chi connectivity index (χ4v) is 2.77. The lowest BCUT2D eigenvalue weighted by Crippen LogP contribution is -2.47. The topological polar surface area (TPSA) is 65.5 Å². The Balaban J connectivity index is 2.13. The van der Waals surface area contributed by atoms with Crippen molar-refractivity contribution >= 4 is 0 Å². The van der Waals surface area contributed by atoms with Gasteiger partial charge in [-0.3, -0.25) is 9.58 Å². The second-order valence-corrected chi connectivity index (χ2v) is 5.15. The van der Waals surface area contributed by atoms with Gasteiger partial charge in [0.2, 0.25) is 0 Å². The predicted octanol–water partition coefficient (Wildman–Crippen LogP) is 1.02. The molecule has 6 heteroatoms. The lowest BCUT2D eigenvalue weighted by molar-refractivity contribution is -0.0422. The summed E-state index contributed by atoms with van der Waals surface area (Å²) < 4.78 is 13.2. The molecule has 2 rings (SSSR count). The van der Waals surface area contributed by atoms with Gasteiger partial charge in [-0.25, -0.2) is 0 Å². The number of hydrogen-bond acceptors (Lipinski definition) is 5. The highest BCUT2D eigenvalue weighted by atomic mass is 16.5. The Morgan fingerprint density at radius 2 is 2.35 bits per heavy atom. The summed E-state index contributed by atoms with van der Waals surface area (Å²) in [6.07, 6.45) is 2.87. The Hall–Kier alpha value is -1.11. The number of aromatic nitrogens is 2. The molecule has 0 radical (unpaired) electrons. The summed E-state index contributed by atoms with van der Waals surface area (Å²) in [5.74, 6) is 0.746. The van der Waals surface area contributed by atoms with Crippen molar-refractivity contribution in [3.05, 3.63) is 11.9 Å². The van der Waals surface area contributed by atoms with Crippen LogP contribution in [0.4, 0.5) is 0 Å². The molecule has 1 aromatic rings. The third-order valence-corrected chi connectivity index (χ3v) is 3.80. The molecule has 0 aromatic carbocycles. The van der Waals surface area contributed by atoms with Crippen molar-refractivity contribution in [1.29, 1.82) is 0 Å². The first-order valence-electron chi connectivity index (χ1n) is 7.40. The van der Waals surface area contributed by atoms with Crippen molar-refractivity contribution in [2.45, 2.75) is 39.0 Å². The van der Waals surface area contributed by atoms with E-state index < -0.39 is 0 Å². The van der Waals surface area contributed by atoms with Crippen LogP contribution in [0.25, 0.3) is 0 Å². The van der Waals surface area contributed by atoms with Gasteiger partial charge in [-0.2, -0.15) is 5.10 Å². The Morgan fingerprint density at radius 1 is 1.55 bits per heavy atom. The second-order valence-electron chi connectivity index (χ2n) is 5.15. The molecule has 2 atom stereocenters. The summed E-state index contributed by atoms with van der Waals surface area (Å²) >= 11 is 0. The molecule has 0 saturated carbocycles. The van der Waals surface area contributed by atoms with Crippen molar-refractivity contribution in [1.82, 2.24) is 14.7 Å². The van der Waals surface area contributed by atoms with Gasteiger partial charge in [0.25, 0.3) is 0 Å². The van der Waals surface area contributed by atoms with E-state index >= 15 is 0 Å². The Bertz CT molecular complexity index is 398. The van der Waals surface area contributed by atoms with E-state index in [0.717, 1.165) is 50.7 Å². The smallest absolute Gasteiger partial charge is 0.161 e. The van der Waals surface area contributed by atoms with E-state index in [9.17, 15) is 0 Å². The lowest BCUT2D eigenvalue weighted by atomic mass is 10.1. The number of nitrogens with zero attached hydrogens (tertiary/aromatic N) is 3. The molecule has 2 N–H and O–H groups in total. The maximum Gasteiger partial charge on any atom is 0.161 e. The first kappa shape index (κ1) is 15.3. The maximum atomic E-state index is 6.43. The molecule has 1 aromatic heterocycles. The van der Waals surface area contributed by atoms with Crippen molar-refractivity contribution in [2.24, 2.45) is 5.73 Å². The maximum absolute atomic E-state index is 6.43. The van der Waals surface area contributed by atoms with Crippen LogP contribution >= 0.6 is 0 Å². The van der Waals surface area contributed by atoms with E-state index in [1.165, 1.54) is 0 Å². The highest BCUT2D eigenvalue weighted by molar-refractivity contribution is 5.29. The third-order valence-electron chi connectivity index (χ3n) is 3.80. The molecule has 114 valence electrons. The van der Waals surface area contributed by atoms with Gasteiger partial charge in [-0.05, 0) is 19.9 Å². The zero-order chi connectivity index (χ0) is 14.5. The standard InChI is InChI=1S/C14H26N4O2/c1-4-6-17-7-8-20-12(10-17)13(15)14-11(19-3)9-16-18(14)5-2/h9,12-13H,4-8,10,15H2,1-3H3. The fourth-order valence-electron chi connectivity index (χ4n) is 2.77. The van der Waals surface area contributed by atoms with Gasteiger partial charge in [-0.15, -0.1) is 0 Å². The van der Waals surface area contributed by atoms with Gasteiger partial charge in [0, 0.05) is 19.6 Å². The van der Waals surface area contributed by atoms with Gasteiger partial charge in [0.15, 0.2) is 5.75 Å². The largest absolute Gasteiger partial charge is 0.493 e. The Labute approximate surface area is 120 Å². The van der Waals surface area contributed by atoms with E-state index in [1.807, 2.05) is 11.6 Å². The van der Waals surface area contributed by atoms with Crippen LogP contribution in [0.2, 0.25) is 0 Å². The van der Waals surface area contributed by atoms with E-state index in [0.29, 0.717) is 0 Å². The molecule has 2 heterocycles. The number of ether oxygens (including phenoxy) is 2. The molecule has 0 spiro atoms. The van der Waals surface area contributed by atoms with Gasteiger partial charge < -0.3 is 15.2 Å². The number of methoxy groups -OCH3 is 1. The molecule has 0 aliphatic carbocycles. The van der Waals surface area contributed by atoms with Crippen molar-refractivity contribution in [3.63, 3.8) is 0 Å². The molecule has 6 nitrogen and oxygen atoms in total. The number of aryl methyl sites for hydroxylation is 1. The minimum Gasteiger partial charge on any atom is -0.493 e. The van der Waals surface area contributed by atoms with E-state index in [1.54, 1.807) is 13.3 Å². The molecule has 20 heavy (non-hydrogen) atoms. The second kappa shape index (κ2) is 7.06. The van der Waals surface area contributed by atoms with Crippen LogP contribution < -0.4 is 10.5 Å². The molecule has 0 bridgehead atoms. The quantitative estimate of drug-likeness (QED) is 0.844. The predicted molar refractivity (Wildman–Crippen MR) is 77.9 cm³/mol. The van der Waals surface area contributed by atoms with Crippen LogP contribution in [0.1, 0.15) is 32.0 Å². The van der Waals surface area contributed by atoms with Crippen LogP contribution in [0, 0.1) is 0 Å². The minimum absolute atomic E-state index is 0.00815. The van der Waals surface area contributed by atoms with Crippen LogP contribution in [0.5, 0.6) is 5.75 Å². The highest BCUT2D eigenvalue weighted by Crippen LogP contribution is 2.28. The number of hydrogen-bond donors (Lipinski definition) is 1. The van der Waals surface area contributed by atoms with Gasteiger partial charge in [0.1, 0.15) is 0 Å². The summed E-state index contributed by atoms with van der Waals surface area (Å²) in [6, 6.07) is -0.216. The summed E-state index contributed by atoms with van der Waals surface area (Å²) in [4.78, 5) is 2.41. The van der Waals surface area contributed by atoms with Crippen molar-refractivity contribution in [3.8, 4) is 5.75 Å². The van der Waals surface area contributed by atoms with Crippen LogP contribution in [0.3, 0.4) is 0 Å². The zero-order valence-electron chi connectivity index (χ0n) is 12.7. The molecule has 0 amide bonds. The zero-order valence-corrected chi connectivity index (χ0v) is 12.7. The Morgan fingerprint density at radius 3 is 3.00 bits per heavy atom. The molecule has 1 aliphatic rings. The normalized spacial score (nSPS) is 21.9. The fraction of sp³-hybridized carbons (Fsp3) is 0.786. The monoisotopic (exact) mass is 282 g/mol. The van der Waals surface area contributed by atoms with Crippen LogP contribution in [-0.2, 0) is 11.3 Å². The summed E-state index contributed by atoms with van der Waals surface area (Å²) in [5.41, 5.74) is 7.36. The van der Waals surface area contributed by atoms with Crippen LogP contribution in [0.15, 0.2) is 6.20 Å². The van der Waals surface area contributed by atoms with Gasteiger partial charge in [0.05, 0.1) is 37.8 Å². The summed E-state index contributed by atoms with van der Waals surface area (Å²) in [6.45, 7) is 8.71. The molecular weight excluding hydrogens is 256 g/mol. The first-order valence-corrected chi connectivity index (χ1v) is 7.40. The van der Waals surface area contributed by atoms with Gasteiger partial charge in [-0.1, -0.05) is 6.92 Å². The summed E-state index contributed by atoms with van der Waals surface area (Å²) in [7, 11) is 1.65. The number of morpholine rings is 1. The molecule has 1 fully saturated rings. The number of rotatable bonds is 6. The van der Waals surface area contributed by atoms with E-state index in [2.05, 4.69) is 16.9 Å². The molecule has 1 aliphatic heterocycles. The van der Waals surface area contributed by atoms with Crippen molar-refractivity contribution < 1.29 is 9.47 Å². The highest BCUT2D eigenvalue weighted by Gasteiger charge is 2.30. The average molecular weight is 282 g/mol. The SMILES string of the molecule is CCCN1CCOC(C(N)c2c(OC)cnn2CC)C1. The molecule has 2 unspecified atom stereocenters. The van der Waals surface area contributed by atoms with Gasteiger partial charge >= 0.3 is 0 Å². The first-order chi connectivity index (χ1) is 9.71. The van der Waals surface area contributed by atoms with Crippen LogP contribution in [-0.4, -0.2) is 54.1 Å². The number of nitrogens with two attached hydrogens (primary N) is 1. The minimum atomic E-state index is -0.216.